The van der Waals surface area contributed by atoms with Gasteiger partial charge in [-0.25, -0.2) is 0 Å². The molecule has 4 heteroatoms. The number of ether oxygens (including phenoxy) is 1. The van der Waals surface area contributed by atoms with E-state index in [-0.39, 0.29) is 0 Å². The maximum absolute atomic E-state index is 5.56. The monoisotopic (exact) mass is 315 g/mol. The van der Waals surface area contributed by atoms with Crippen molar-refractivity contribution in [3.8, 4) is 0 Å². The predicted molar refractivity (Wildman–Crippen MR) is 76.7 cm³/mol. The van der Waals surface area contributed by atoms with E-state index in [1.807, 2.05) is 11.8 Å². The maximum Gasteiger partial charge on any atom is 0.0700 e. The van der Waals surface area contributed by atoms with Crippen LogP contribution in [0.5, 0.6) is 0 Å². The topological polar surface area (TPSA) is 21.3 Å². The summed E-state index contributed by atoms with van der Waals surface area (Å²) in [4.78, 5) is 1.32. The molecule has 0 spiro atoms. The standard InChI is InChI=1S/C13H18BrNOS/c14-11-3-1-5-13(9-11)17-8-6-15-10-12-4-2-7-16-12/h1,3,5,9,12,15H,2,4,6-8,10H2. The van der Waals surface area contributed by atoms with Gasteiger partial charge in [-0.1, -0.05) is 22.0 Å². The zero-order valence-corrected chi connectivity index (χ0v) is 12.2. The van der Waals surface area contributed by atoms with Crippen molar-refractivity contribution in [1.29, 1.82) is 0 Å². The molecule has 2 rings (SSSR count). The van der Waals surface area contributed by atoms with Gasteiger partial charge in [-0.3, -0.25) is 0 Å². The van der Waals surface area contributed by atoms with Gasteiger partial charge >= 0.3 is 0 Å². The minimum absolute atomic E-state index is 0.450. The summed E-state index contributed by atoms with van der Waals surface area (Å²) < 4.78 is 6.71. The van der Waals surface area contributed by atoms with Crippen molar-refractivity contribution in [3.63, 3.8) is 0 Å². The lowest BCUT2D eigenvalue weighted by molar-refractivity contribution is 0.110. The summed E-state index contributed by atoms with van der Waals surface area (Å²) in [6.45, 7) is 2.98. The normalized spacial score (nSPS) is 19.7. The van der Waals surface area contributed by atoms with Crippen molar-refractivity contribution < 1.29 is 4.74 Å². The Morgan fingerprint density at radius 3 is 3.18 bits per heavy atom. The molecular formula is C13H18BrNOS. The van der Waals surface area contributed by atoms with Crippen molar-refractivity contribution in [2.75, 3.05) is 25.4 Å². The lowest BCUT2D eigenvalue weighted by atomic mass is 10.2. The highest BCUT2D eigenvalue weighted by atomic mass is 79.9. The van der Waals surface area contributed by atoms with Crippen molar-refractivity contribution >= 4 is 27.7 Å². The first kappa shape index (κ1) is 13.4. The molecule has 1 saturated heterocycles. The second-order valence-electron chi connectivity index (χ2n) is 4.14. The quantitative estimate of drug-likeness (QED) is 0.643. The molecule has 1 aliphatic rings. The molecule has 1 unspecified atom stereocenters. The van der Waals surface area contributed by atoms with Crippen LogP contribution in [-0.2, 0) is 4.74 Å². The molecule has 0 aromatic heterocycles. The van der Waals surface area contributed by atoms with Gasteiger partial charge in [0.15, 0.2) is 0 Å². The van der Waals surface area contributed by atoms with Crippen LogP contribution in [0.1, 0.15) is 12.8 Å². The van der Waals surface area contributed by atoms with Gasteiger partial charge in [0.1, 0.15) is 0 Å². The van der Waals surface area contributed by atoms with Crippen LogP contribution in [0.25, 0.3) is 0 Å². The van der Waals surface area contributed by atoms with E-state index in [1.54, 1.807) is 0 Å². The average molecular weight is 316 g/mol. The van der Waals surface area contributed by atoms with Gasteiger partial charge in [0.25, 0.3) is 0 Å². The largest absolute Gasteiger partial charge is 0.377 e. The molecule has 0 amide bonds. The van der Waals surface area contributed by atoms with Gasteiger partial charge < -0.3 is 10.1 Å². The summed E-state index contributed by atoms with van der Waals surface area (Å²) in [5.74, 6) is 1.10. The highest BCUT2D eigenvalue weighted by Gasteiger charge is 2.13. The Balaban J connectivity index is 1.56. The van der Waals surface area contributed by atoms with E-state index < -0.39 is 0 Å². The van der Waals surface area contributed by atoms with E-state index >= 15 is 0 Å². The molecule has 1 N–H and O–H groups in total. The third kappa shape index (κ3) is 5.00. The Hall–Kier alpha value is -0.0300. The van der Waals surface area contributed by atoms with Crippen LogP contribution in [0.3, 0.4) is 0 Å². The molecule has 1 aliphatic heterocycles. The molecule has 0 radical (unpaired) electrons. The van der Waals surface area contributed by atoms with Crippen LogP contribution in [0, 0.1) is 0 Å². The smallest absolute Gasteiger partial charge is 0.0700 e. The fourth-order valence-electron chi connectivity index (χ4n) is 1.87. The fourth-order valence-corrected chi connectivity index (χ4v) is 3.28. The van der Waals surface area contributed by atoms with Gasteiger partial charge in [0.05, 0.1) is 6.10 Å². The summed E-state index contributed by atoms with van der Waals surface area (Å²) >= 11 is 5.37. The second-order valence-corrected chi connectivity index (χ2v) is 6.23. The van der Waals surface area contributed by atoms with Gasteiger partial charge in [-0.15, -0.1) is 11.8 Å². The Labute approximate surface area is 116 Å². The van der Waals surface area contributed by atoms with Crippen LogP contribution in [-0.4, -0.2) is 31.6 Å². The lowest BCUT2D eigenvalue weighted by Crippen LogP contribution is -2.27. The Morgan fingerprint density at radius 2 is 2.41 bits per heavy atom. The fraction of sp³-hybridized carbons (Fsp3) is 0.538. The Bertz CT molecular complexity index is 342. The van der Waals surface area contributed by atoms with E-state index in [9.17, 15) is 0 Å². The molecule has 1 heterocycles. The van der Waals surface area contributed by atoms with Crippen LogP contribution >= 0.6 is 27.7 Å². The van der Waals surface area contributed by atoms with Crippen molar-refractivity contribution in [2.45, 2.75) is 23.8 Å². The van der Waals surface area contributed by atoms with Crippen molar-refractivity contribution in [1.82, 2.24) is 5.32 Å². The van der Waals surface area contributed by atoms with Crippen LogP contribution < -0.4 is 5.32 Å². The first-order valence-electron chi connectivity index (χ1n) is 6.05. The molecule has 17 heavy (non-hydrogen) atoms. The van der Waals surface area contributed by atoms with E-state index in [2.05, 4.69) is 45.5 Å². The number of hydrogen-bond acceptors (Lipinski definition) is 3. The van der Waals surface area contributed by atoms with Crippen molar-refractivity contribution in [3.05, 3.63) is 28.7 Å². The van der Waals surface area contributed by atoms with Crippen LogP contribution in [0.4, 0.5) is 0 Å². The predicted octanol–water partition coefficient (Wildman–Crippen LogP) is 3.31. The van der Waals surface area contributed by atoms with Crippen LogP contribution in [0.2, 0.25) is 0 Å². The van der Waals surface area contributed by atoms with E-state index in [0.717, 1.165) is 29.9 Å². The highest BCUT2D eigenvalue weighted by molar-refractivity contribution is 9.10. The molecule has 94 valence electrons. The van der Waals surface area contributed by atoms with Crippen molar-refractivity contribution in [2.24, 2.45) is 0 Å². The van der Waals surface area contributed by atoms with E-state index in [4.69, 9.17) is 4.74 Å². The lowest BCUT2D eigenvalue weighted by Gasteiger charge is -2.10. The number of hydrogen-bond donors (Lipinski definition) is 1. The second kappa shape index (κ2) is 7.41. The first-order chi connectivity index (χ1) is 8.34. The molecular weight excluding hydrogens is 298 g/mol. The molecule has 0 saturated carbocycles. The van der Waals surface area contributed by atoms with E-state index in [0.29, 0.717) is 6.10 Å². The third-order valence-corrected chi connectivity index (χ3v) is 4.23. The summed E-state index contributed by atoms with van der Waals surface area (Å²) in [7, 11) is 0. The highest BCUT2D eigenvalue weighted by Crippen LogP contribution is 2.21. The number of benzene rings is 1. The summed E-state index contributed by atoms with van der Waals surface area (Å²) in [5, 5.41) is 3.45. The summed E-state index contributed by atoms with van der Waals surface area (Å²) in [6.07, 6.45) is 2.89. The summed E-state index contributed by atoms with van der Waals surface area (Å²) in [5.41, 5.74) is 0. The maximum atomic E-state index is 5.56. The average Bonchev–Trinajstić information content (AvgIpc) is 2.82. The molecule has 2 nitrogen and oxygen atoms in total. The molecule has 1 atom stereocenters. The minimum atomic E-state index is 0.450. The Morgan fingerprint density at radius 1 is 1.47 bits per heavy atom. The molecule has 1 fully saturated rings. The third-order valence-electron chi connectivity index (χ3n) is 2.74. The van der Waals surface area contributed by atoms with E-state index in [1.165, 1.54) is 17.7 Å². The zero-order chi connectivity index (χ0) is 11.9. The molecule has 1 aromatic rings. The number of halogens is 1. The van der Waals surface area contributed by atoms with Crippen LogP contribution in [0.15, 0.2) is 33.6 Å². The van der Waals surface area contributed by atoms with Gasteiger partial charge in [0, 0.05) is 34.8 Å². The molecule has 0 aliphatic carbocycles. The molecule has 0 bridgehead atoms. The first-order valence-corrected chi connectivity index (χ1v) is 7.83. The van der Waals surface area contributed by atoms with Gasteiger partial charge in [-0.2, -0.15) is 0 Å². The Kier molecular flexibility index (Phi) is 5.85. The minimum Gasteiger partial charge on any atom is -0.377 e. The number of thioether (sulfide) groups is 1. The number of rotatable bonds is 6. The molecule has 1 aromatic carbocycles. The summed E-state index contributed by atoms with van der Waals surface area (Å²) in [6, 6.07) is 8.44. The number of nitrogens with one attached hydrogen (secondary N) is 1. The van der Waals surface area contributed by atoms with Gasteiger partial charge in [0.2, 0.25) is 0 Å². The zero-order valence-electron chi connectivity index (χ0n) is 9.82. The van der Waals surface area contributed by atoms with Gasteiger partial charge in [-0.05, 0) is 31.0 Å². The SMILES string of the molecule is Brc1cccc(SCCNCC2CCCO2)c1.